The molecular weight excluding hydrogens is 216 g/mol. The van der Waals surface area contributed by atoms with Gasteiger partial charge in [-0.15, -0.1) is 11.3 Å². The normalized spacial score (nSPS) is 19.9. The van der Waals surface area contributed by atoms with Crippen LogP contribution in [0.3, 0.4) is 0 Å². The molecule has 1 heterocycles. The molecule has 1 atom stereocenters. The van der Waals surface area contributed by atoms with Crippen molar-refractivity contribution in [1.29, 1.82) is 0 Å². The summed E-state index contributed by atoms with van der Waals surface area (Å²) in [5.74, 6) is 0. The van der Waals surface area contributed by atoms with Crippen molar-refractivity contribution in [3.63, 3.8) is 0 Å². The largest absolute Gasteiger partial charge is 0.327 e. The number of thiazole rings is 1. The second kappa shape index (κ2) is 3.28. The minimum absolute atomic E-state index is 0.208. The van der Waals surface area contributed by atoms with Crippen LogP contribution in [-0.4, -0.2) is 11.0 Å². The molecule has 1 aliphatic carbocycles. The van der Waals surface area contributed by atoms with Gasteiger partial charge >= 0.3 is 0 Å². The van der Waals surface area contributed by atoms with Crippen LogP contribution in [0.1, 0.15) is 30.3 Å². The maximum Gasteiger partial charge on any atom is 0.0907 e. The van der Waals surface area contributed by atoms with Gasteiger partial charge in [0.1, 0.15) is 0 Å². The van der Waals surface area contributed by atoms with Crippen LogP contribution in [0.25, 0.3) is 10.2 Å². The number of nitrogens with zero attached hydrogens (tertiary/aromatic N) is 1. The van der Waals surface area contributed by atoms with Gasteiger partial charge in [-0.1, -0.05) is 12.1 Å². The van der Waals surface area contributed by atoms with Crippen molar-refractivity contribution in [3.05, 3.63) is 28.8 Å². The Labute approximate surface area is 99.5 Å². The highest BCUT2D eigenvalue weighted by Gasteiger charge is 2.48. The smallest absolute Gasteiger partial charge is 0.0907 e. The van der Waals surface area contributed by atoms with Gasteiger partial charge in [0.15, 0.2) is 0 Å². The third-order valence-electron chi connectivity index (χ3n) is 3.72. The van der Waals surface area contributed by atoms with E-state index in [0.717, 1.165) is 5.01 Å². The van der Waals surface area contributed by atoms with E-state index in [2.05, 4.69) is 37.0 Å². The number of rotatable bonds is 2. The van der Waals surface area contributed by atoms with Crippen molar-refractivity contribution < 1.29 is 0 Å². The first kappa shape index (κ1) is 10.2. The van der Waals surface area contributed by atoms with Crippen molar-refractivity contribution in [2.75, 3.05) is 0 Å². The topological polar surface area (TPSA) is 38.9 Å². The predicted molar refractivity (Wildman–Crippen MR) is 68.9 cm³/mol. The first-order chi connectivity index (χ1) is 7.63. The third-order valence-corrected chi connectivity index (χ3v) is 4.66. The molecule has 1 aliphatic rings. The standard InChI is InChI=1S/C13H16N2S/c1-8(14)13(6-7-13)10-4-3-5-11-12(10)15-9(2)16-11/h3-5,8H,6-7,14H2,1-2H3. The van der Waals surface area contributed by atoms with E-state index in [0.29, 0.717) is 0 Å². The summed E-state index contributed by atoms with van der Waals surface area (Å²) in [6.45, 7) is 4.19. The summed E-state index contributed by atoms with van der Waals surface area (Å²) in [7, 11) is 0. The van der Waals surface area contributed by atoms with Gasteiger partial charge in [0, 0.05) is 11.5 Å². The van der Waals surface area contributed by atoms with Crippen LogP contribution >= 0.6 is 11.3 Å². The molecule has 1 fully saturated rings. The number of para-hydroxylation sites is 1. The Morgan fingerprint density at radius 2 is 2.19 bits per heavy atom. The van der Waals surface area contributed by atoms with Gasteiger partial charge in [-0.25, -0.2) is 4.98 Å². The summed E-state index contributed by atoms with van der Waals surface area (Å²) >= 11 is 1.77. The molecule has 0 radical (unpaired) electrons. The van der Waals surface area contributed by atoms with E-state index in [1.165, 1.54) is 28.6 Å². The molecule has 0 aliphatic heterocycles. The van der Waals surface area contributed by atoms with Crippen LogP contribution in [0.2, 0.25) is 0 Å². The van der Waals surface area contributed by atoms with Gasteiger partial charge in [0.25, 0.3) is 0 Å². The maximum absolute atomic E-state index is 6.14. The van der Waals surface area contributed by atoms with E-state index >= 15 is 0 Å². The fraction of sp³-hybridized carbons (Fsp3) is 0.462. The van der Waals surface area contributed by atoms with Crippen LogP contribution in [0.15, 0.2) is 18.2 Å². The number of aryl methyl sites for hydroxylation is 1. The highest BCUT2D eigenvalue weighted by Crippen LogP contribution is 2.52. The van der Waals surface area contributed by atoms with Crippen LogP contribution < -0.4 is 5.73 Å². The minimum atomic E-state index is 0.208. The van der Waals surface area contributed by atoms with Crippen molar-refractivity contribution in [1.82, 2.24) is 4.98 Å². The Morgan fingerprint density at radius 3 is 2.81 bits per heavy atom. The average Bonchev–Trinajstić information content (AvgIpc) is 2.94. The van der Waals surface area contributed by atoms with Gasteiger partial charge in [-0.2, -0.15) is 0 Å². The first-order valence-corrected chi connectivity index (χ1v) is 6.57. The van der Waals surface area contributed by atoms with Gasteiger partial charge in [-0.3, -0.25) is 0 Å². The van der Waals surface area contributed by atoms with E-state index in [-0.39, 0.29) is 11.5 Å². The quantitative estimate of drug-likeness (QED) is 0.864. The van der Waals surface area contributed by atoms with Gasteiger partial charge < -0.3 is 5.73 Å². The Balaban J connectivity index is 2.24. The zero-order valence-corrected chi connectivity index (χ0v) is 10.5. The number of hydrogen-bond acceptors (Lipinski definition) is 3. The fourth-order valence-electron chi connectivity index (χ4n) is 2.57. The van der Waals surface area contributed by atoms with E-state index in [1.54, 1.807) is 11.3 Å². The molecule has 1 aromatic carbocycles. The number of nitrogens with two attached hydrogens (primary N) is 1. The molecule has 0 saturated heterocycles. The number of benzene rings is 1. The summed E-state index contributed by atoms with van der Waals surface area (Å²) in [5, 5.41) is 1.14. The Kier molecular flexibility index (Phi) is 2.10. The SMILES string of the molecule is Cc1nc2c(C3(C(C)N)CC3)cccc2s1. The summed E-state index contributed by atoms with van der Waals surface area (Å²) in [6.07, 6.45) is 2.42. The van der Waals surface area contributed by atoms with Crippen LogP contribution in [0.5, 0.6) is 0 Å². The van der Waals surface area contributed by atoms with E-state index in [4.69, 9.17) is 5.73 Å². The highest BCUT2D eigenvalue weighted by molar-refractivity contribution is 7.18. The first-order valence-electron chi connectivity index (χ1n) is 5.76. The molecule has 0 spiro atoms. The number of fused-ring (bicyclic) bond motifs is 1. The van der Waals surface area contributed by atoms with Crippen molar-refractivity contribution in [3.8, 4) is 0 Å². The fourth-order valence-corrected chi connectivity index (χ4v) is 3.42. The van der Waals surface area contributed by atoms with Gasteiger partial charge in [-0.05, 0) is 38.3 Å². The van der Waals surface area contributed by atoms with Gasteiger partial charge in [0.2, 0.25) is 0 Å². The predicted octanol–water partition coefficient (Wildman–Crippen LogP) is 2.98. The second-order valence-corrected chi connectivity index (χ2v) is 6.06. The van der Waals surface area contributed by atoms with E-state index in [9.17, 15) is 0 Å². The molecule has 0 bridgehead atoms. The molecule has 1 saturated carbocycles. The molecular formula is C13H16N2S. The third kappa shape index (κ3) is 1.31. The van der Waals surface area contributed by atoms with E-state index < -0.39 is 0 Å². The molecule has 16 heavy (non-hydrogen) atoms. The zero-order chi connectivity index (χ0) is 11.3. The monoisotopic (exact) mass is 232 g/mol. The lowest BCUT2D eigenvalue weighted by molar-refractivity contribution is 0.560. The van der Waals surface area contributed by atoms with Crippen molar-refractivity contribution in [2.24, 2.45) is 5.73 Å². The summed E-state index contributed by atoms with van der Waals surface area (Å²) in [4.78, 5) is 4.66. The Morgan fingerprint density at radius 1 is 1.44 bits per heavy atom. The lowest BCUT2D eigenvalue weighted by Crippen LogP contribution is -2.31. The van der Waals surface area contributed by atoms with Gasteiger partial charge in [0.05, 0.1) is 15.2 Å². The summed E-state index contributed by atoms with van der Waals surface area (Å²) in [6, 6.07) is 6.72. The average molecular weight is 232 g/mol. The molecule has 0 amide bonds. The molecule has 2 nitrogen and oxygen atoms in total. The summed E-state index contributed by atoms with van der Waals surface area (Å²) < 4.78 is 1.29. The maximum atomic E-state index is 6.14. The van der Waals surface area contributed by atoms with Crippen LogP contribution in [0.4, 0.5) is 0 Å². The molecule has 3 rings (SSSR count). The molecule has 2 aromatic rings. The molecule has 1 aromatic heterocycles. The highest BCUT2D eigenvalue weighted by atomic mass is 32.1. The molecule has 84 valence electrons. The lowest BCUT2D eigenvalue weighted by atomic mass is 9.89. The van der Waals surface area contributed by atoms with Crippen LogP contribution in [0, 0.1) is 6.92 Å². The molecule has 2 N–H and O–H groups in total. The second-order valence-electron chi connectivity index (χ2n) is 4.83. The van der Waals surface area contributed by atoms with Crippen LogP contribution in [-0.2, 0) is 5.41 Å². The Bertz CT molecular complexity index is 538. The van der Waals surface area contributed by atoms with Crippen molar-refractivity contribution in [2.45, 2.75) is 38.1 Å². The molecule has 3 heteroatoms. The molecule has 1 unspecified atom stereocenters. The number of hydrogen-bond donors (Lipinski definition) is 1. The Hall–Kier alpha value is -0.930. The van der Waals surface area contributed by atoms with E-state index in [1.807, 2.05) is 0 Å². The lowest BCUT2D eigenvalue weighted by Gasteiger charge is -2.20. The zero-order valence-electron chi connectivity index (χ0n) is 9.66. The minimum Gasteiger partial charge on any atom is -0.327 e. The van der Waals surface area contributed by atoms with Crippen molar-refractivity contribution >= 4 is 21.6 Å². The summed E-state index contributed by atoms with van der Waals surface area (Å²) in [5.41, 5.74) is 8.89. The number of aromatic nitrogens is 1.